The van der Waals surface area contributed by atoms with Crippen molar-refractivity contribution in [3.8, 4) is 5.75 Å². The molecule has 2 aromatic carbocycles. The minimum atomic E-state index is -0.959. The van der Waals surface area contributed by atoms with Crippen LogP contribution in [0, 0.1) is 11.6 Å². The Labute approximate surface area is 153 Å². The van der Waals surface area contributed by atoms with Gasteiger partial charge in [-0.25, -0.2) is 13.8 Å². The van der Waals surface area contributed by atoms with Crippen molar-refractivity contribution in [2.75, 3.05) is 11.9 Å². The number of anilines is 1. The smallest absolute Gasteiger partial charge is 0.237 e. The van der Waals surface area contributed by atoms with E-state index in [2.05, 4.69) is 15.3 Å². The number of thioether (sulfide) groups is 1. The molecule has 0 aliphatic rings. The summed E-state index contributed by atoms with van der Waals surface area (Å²) in [4.78, 5) is 19.5. The Kier molecular flexibility index (Phi) is 5.41. The SMILES string of the molecule is CCOc1ccccc1NC(=O)C(C)Sc1nc2cc(F)c(F)cc2[nH]1. The van der Waals surface area contributed by atoms with E-state index in [0.717, 1.165) is 23.9 Å². The number of amides is 1. The molecule has 0 aliphatic heterocycles. The largest absolute Gasteiger partial charge is 0.492 e. The zero-order valence-electron chi connectivity index (χ0n) is 14.2. The molecule has 0 spiro atoms. The Morgan fingerprint density at radius 3 is 2.81 bits per heavy atom. The van der Waals surface area contributed by atoms with Gasteiger partial charge in [0.05, 0.1) is 28.6 Å². The Balaban J connectivity index is 1.71. The third kappa shape index (κ3) is 3.96. The minimum Gasteiger partial charge on any atom is -0.492 e. The van der Waals surface area contributed by atoms with Crippen LogP contribution in [0.3, 0.4) is 0 Å². The van der Waals surface area contributed by atoms with Gasteiger partial charge in [-0.15, -0.1) is 0 Å². The van der Waals surface area contributed by atoms with Crippen molar-refractivity contribution in [2.45, 2.75) is 24.3 Å². The Bertz CT molecular complexity index is 906. The molecular formula is C18H17F2N3O2S. The molecule has 8 heteroatoms. The summed E-state index contributed by atoms with van der Waals surface area (Å²) in [5, 5.41) is 2.74. The maximum absolute atomic E-state index is 13.3. The van der Waals surface area contributed by atoms with E-state index < -0.39 is 16.9 Å². The van der Waals surface area contributed by atoms with E-state index >= 15 is 0 Å². The number of imidazole rings is 1. The van der Waals surface area contributed by atoms with Gasteiger partial charge in [0.15, 0.2) is 16.8 Å². The highest BCUT2D eigenvalue weighted by Crippen LogP contribution is 2.28. The normalized spacial score (nSPS) is 12.2. The molecular weight excluding hydrogens is 360 g/mol. The lowest BCUT2D eigenvalue weighted by atomic mass is 10.3. The van der Waals surface area contributed by atoms with E-state index in [9.17, 15) is 13.6 Å². The first-order chi connectivity index (χ1) is 12.5. The molecule has 5 nitrogen and oxygen atoms in total. The van der Waals surface area contributed by atoms with Crippen LogP contribution in [0.15, 0.2) is 41.6 Å². The summed E-state index contributed by atoms with van der Waals surface area (Å²) in [6, 6.07) is 9.23. The molecule has 3 aromatic rings. The van der Waals surface area contributed by atoms with Gasteiger partial charge in [-0.05, 0) is 26.0 Å². The first kappa shape index (κ1) is 18.2. The van der Waals surface area contributed by atoms with Gasteiger partial charge < -0.3 is 15.0 Å². The number of nitrogens with zero attached hydrogens (tertiary/aromatic N) is 1. The average Bonchev–Trinajstić information content (AvgIpc) is 2.98. The lowest BCUT2D eigenvalue weighted by Gasteiger charge is -2.14. The maximum atomic E-state index is 13.3. The Morgan fingerprint density at radius 1 is 1.31 bits per heavy atom. The number of H-pyrrole nitrogens is 1. The molecule has 0 fully saturated rings. The molecule has 0 saturated heterocycles. The fourth-order valence-electron chi connectivity index (χ4n) is 2.34. The van der Waals surface area contributed by atoms with Crippen LogP contribution in [0.1, 0.15) is 13.8 Å². The number of fused-ring (bicyclic) bond motifs is 1. The quantitative estimate of drug-likeness (QED) is 0.627. The van der Waals surface area contributed by atoms with Gasteiger partial charge >= 0.3 is 0 Å². The van der Waals surface area contributed by atoms with E-state index in [-0.39, 0.29) is 5.91 Å². The maximum Gasteiger partial charge on any atom is 0.237 e. The van der Waals surface area contributed by atoms with Gasteiger partial charge in [0.25, 0.3) is 0 Å². The second kappa shape index (κ2) is 7.74. The summed E-state index contributed by atoms with van der Waals surface area (Å²) >= 11 is 1.16. The summed E-state index contributed by atoms with van der Waals surface area (Å²) < 4.78 is 32.1. The monoisotopic (exact) mass is 377 g/mol. The first-order valence-corrected chi connectivity index (χ1v) is 8.90. The predicted molar refractivity (Wildman–Crippen MR) is 97.6 cm³/mol. The van der Waals surface area contributed by atoms with Crippen LogP contribution >= 0.6 is 11.8 Å². The zero-order valence-corrected chi connectivity index (χ0v) is 15.0. The van der Waals surface area contributed by atoms with E-state index in [1.807, 2.05) is 13.0 Å². The number of nitrogens with one attached hydrogen (secondary N) is 2. The number of carbonyl (C=O) groups is 1. The number of aromatic amines is 1. The summed E-state index contributed by atoms with van der Waals surface area (Å²) in [5.74, 6) is -1.55. The molecule has 0 saturated carbocycles. The van der Waals surface area contributed by atoms with Crippen molar-refractivity contribution in [1.82, 2.24) is 9.97 Å². The third-order valence-electron chi connectivity index (χ3n) is 3.60. The molecule has 26 heavy (non-hydrogen) atoms. The highest BCUT2D eigenvalue weighted by atomic mass is 32.2. The molecule has 2 N–H and O–H groups in total. The number of para-hydroxylation sites is 2. The molecule has 1 heterocycles. The van der Waals surface area contributed by atoms with Gasteiger partial charge in [-0.1, -0.05) is 23.9 Å². The Morgan fingerprint density at radius 2 is 2.04 bits per heavy atom. The molecule has 0 bridgehead atoms. The molecule has 1 amide bonds. The van der Waals surface area contributed by atoms with Crippen LogP contribution in [-0.2, 0) is 4.79 Å². The number of halogens is 2. The number of hydrogen-bond acceptors (Lipinski definition) is 4. The van der Waals surface area contributed by atoms with Crippen molar-refractivity contribution in [3.05, 3.63) is 48.0 Å². The number of carbonyl (C=O) groups excluding carboxylic acids is 1. The minimum absolute atomic E-state index is 0.236. The third-order valence-corrected chi connectivity index (χ3v) is 4.59. The summed E-state index contributed by atoms with van der Waals surface area (Å²) in [6.07, 6.45) is 0. The van der Waals surface area contributed by atoms with Gasteiger partial charge in [-0.2, -0.15) is 0 Å². The summed E-state index contributed by atoms with van der Waals surface area (Å²) in [6.45, 7) is 4.07. The Hall–Kier alpha value is -2.61. The standard InChI is InChI=1S/C18H17F2N3O2S/c1-3-25-16-7-5-4-6-13(16)21-17(24)10(2)26-18-22-14-8-11(19)12(20)9-15(14)23-18/h4-10H,3H2,1-2H3,(H,21,24)(H,22,23). The fraction of sp³-hybridized carbons (Fsp3) is 0.222. The van der Waals surface area contributed by atoms with Crippen LogP contribution in [0.5, 0.6) is 5.75 Å². The van der Waals surface area contributed by atoms with Crippen LogP contribution < -0.4 is 10.1 Å². The van der Waals surface area contributed by atoms with E-state index in [1.165, 1.54) is 0 Å². The number of hydrogen-bond donors (Lipinski definition) is 2. The molecule has 0 aliphatic carbocycles. The summed E-state index contributed by atoms with van der Waals surface area (Å²) in [7, 11) is 0. The highest BCUT2D eigenvalue weighted by Gasteiger charge is 2.18. The molecule has 1 atom stereocenters. The topological polar surface area (TPSA) is 67.0 Å². The molecule has 0 radical (unpaired) electrons. The van der Waals surface area contributed by atoms with Crippen molar-refractivity contribution < 1.29 is 18.3 Å². The number of rotatable bonds is 6. The van der Waals surface area contributed by atoms with Gasteiger partial charge in [-0.3, -0.25) is 4.79 Å². The molecule has 136 valence electrons. The predicted octanol–water partition coefficient (Wildman–Crippen LogP) is 4.36. The molecule has 3 rings (SSSR count). The number of aromatic nitrogens is 2. The second-order valence-electron chi connectivity index (χ2n) is 5.50. The van der Waals surface area contributed by atoms with E-state index in [1.54, 1.807) is 25.1 Å². The van der Waals surface area contributed by atoms with Gasteiger partial charge in [0.1, 0.15) is 5.75 Å². The number of benzene rings is 2. The van der Waals surface area contributed by atoms with Crippen LogP contribution in [0.25, 0.3) is 11.0 Å². The van der Waals surface area contributed by atoms with Crippen LogP contribution in [0.4, 0.5) is 14.5 Å². The zero-order chi connectivity index (χ0) is 18.7. The molecule has 1 unspecified atom stereocenters. The van der Waals surface area contributed by atoms with Gasteiger partial charge in [0, 0.05) is 12.1 Å². The first-order valence-electron chi connectivity index (χ1n) is 8.02. The lowest BCUT2D eigenvalue weighted by molar-refractivity contribution is -0.115. The molecule has 1 aromatic heterocycles. The van der Waals surface area contributed by atoms with Crippen LogP contribution in [-0.4, -0.2) is 27.7 Å². The van der Waals surface area contributed by atoms with Crippen molar-refractivity contribution in [1.29, 1.82) is 0 Å². The highest BCUT2D eigenvalue weighted by molar-refractivity contribution is 8.00. The average molecular weight is 377 g/mol. The summed E-state index contributed by atoms with van der Waals surface area (Å²) in [5.41, 5.74) is 1.27. The fourth-order valence-corrected chi connectivity index (χ4v) is 3.16. The lowest BCUT2D eigenvalue weighted by Crippen LogP contribution is -2.22. The van der Waals surface area contributed by atoms with Crippen molar-refractivity contribution >= 4 is 34.4 Å². The van der Waals surface area contributed by atoms with Crippen molar-refractivity contribution in [3.63, 3.8) is 0 Å². The van der Waals surface area contributed by atoms with E-state index in [4.69, 9.17) is 4.74 Å². The van der Waals surface area contributed by atoms with Gasteiger partial charge in [0.2, 0.25) is 5.91 Å². The second-order valence-corrected chi connectivity index (χ2v) is 6.83. The van der Waals surface area contributed by atoms with Crippen LogP contribution in [0.2, 0.25) is 0 Å². The van der Waals surface area contributed by atoms with E-state index in [0.29, 0.717) is 34.2 Å². The number of ether oxygens (including phenoxy) is 1. The van der Waals surface area contributed by atoms with Crippen molar-refractivity contribution in [2.24, 2.45) is 0 Å².